The van der Waals surface area contributed by atoms with Gasteiger partial charge in [0, 0.05) is 39.9 Å². The van der Waals surface area contributed by atoms with Crippen molar-refractivity contribution in [1.82, 2.24) is 9.62 Å². The molecule has 0 amide bonds. The number of likely N-dealkylation sites (N-methyl/N-ethyl adjacent to an activating group) is 1. The van der Waals surface area contributed by atoms with Crippen LogP contribution < -0.4 is 10.2 Å². The lowest BCUT2D eigenvalue weighted by atomic mass is 10.2. The van der Waals surface area contributed by atoms with E-state index in [4.69, 9.17) is 0 Å². The van der Waals surface area contributed by atoms with Gasteiger partial charge < -0.3 is 10.2 Å². The molecule has 120 valence electrons. The summed E-state index contributed by atoms with van der Waals surface area (Å²) < 4.78 is 25.2. The van der Waals surface area contributed by atoms with Gasteiger partial charge in [-0.3, -0.25) is 0 Å². The van der Waals surface area contributed by atoms with E-state index in [1.165, 1.54) is 18.4 Å². The van der Waals surface area contributed by atoms with Gasteiger partial charge in [0.1, 0.15) is 0 Å². The van der Waals surface area contributed by atoms with Gasteiger partial charge in [0.05, 0.1) is 4.90 Å². The average Bonchev–Trinajstić information content (AvgIpc) is 2.43. The molecule has 1 aromatic rings. The molecule has 0 saturated heterocycles. The van der Waals surface area contributed by atoms with Gasteiger partial charge in [0.25, 0.3) is 0 Å². The van der Waals surface area contributed by atoms with Crippen LogP contribution in [0, 0.1) is 5.92 Å². The minimum Gasteiger partial charge on any atom is -0.373 e. The van der Waals surface area contributed by atoms with E-state index in [2.05, 4.69) is 24.1 Å². The molecule has 0 aromatic heterocycles. The van der Waals surface area contributed by atoms with E-state index in [1.807, 2.05) is 19.2 Å². The molecule has 5 nitrogen and oxygen atoms in total. The van der Waals surface area contributed by atoms with Crippen LogP contribution in [0.4, 0.5) is 5.69 Å². The summed E-state index contributed by atoms with van der Waals surface area (Å²) in [4.78, 5) is 2.43. The Bertz CT molecular complexity index is 524. The van der Waals surface area contributed by atoms with E-state index in [0.717, 1.165) is 25.3 Å². The molecule has 0 spiro atoms. The number of benzene rings is 1. The lowest BCUT2D eigenvalue weighted by Gasteiger charge is -2.20. The fourth-order valence-electron chi connectivity index (χ4n) is 1.85. The molecular weight excluding hydrogens is 286 g/mol. The molecule has 0 aliphatic carbocycles. The highest BCUT2D eigenvalue weighted by Gasteiger charge is 2.16. The van der Waals surface area contributed by atoms with Crippen LogP contribution in [0.1, 0.15) is 13.8 Å². The summed E-state index contributed by atoms with van der Waals surface area (Å²) in [7, 11) is 1.73. The van der Waals surface area contributed by atoms with Crippen LogP contribution in [-0.2, 0) is 10.0 Å². The maximum absolute atomic E-state index is 12.0. The average molecular weight is 313 g/mol. The Kier molecular flexibility index (Phi) is 6.64. The van der Waals surface area contributed by atoms with E-state index < -0.39 is 10.0 Å². The number of hydrogen-bond acceptors (Lipinski definition) is 4. The summed E-state index contributed by atoms with van der Waals surface area (Å²) >= 11 is 0. The lowest BCUT2D eigenvalue weighted by molar-refractivity contribution is 0.521. The van der Waals surface area contributed by atoms with Crippen molar-refractivity contribution in [2.24, 2.45) is 5.92 Å². The zero-order chi connectivity index (χ0) is 16.0. The van der Waals surface area contributed by atoms with Crippen LogP contribution in [0.2, 0.25) is 0 Å². The minimum absolute atomic E-state index is 0.322. The highest BCUT2D eigenvalue weighted by Crippen LogP contribution is 2.18. The van der Waals surface area contributed by atoms with Gasteiger partial charge >= 0.3 is 0 Å². The van der Waals surface area contributed by atoms with Gasteiger partial charge in [-0.2, -0.15) is 0 Å². The summed E-state index contributed by atoms with van der Waals surface area (Å²) in [5, 5.41) is 3.39. The van der Waals surface area contributed by atoms with Crippen molar-refractivity contribution >= 4 is 15.7 Å². The number of hydrogen-bond donors (Lipinski definition) is 1. The van der Waals surface area contributed by atoms with E-state index in [1.54, 1.807) is 12.1 Å². The van der Waals surface area contributed by atoms with Crippen LogP contribution in [0.25, 0.3) is 0 Å². The predicted octanol–water partition coefficient (Wildman–Crippen LogP) is 1.62. The van der Waals surface area contributed by atoms with Crippen molar-refractivity contribution in [3.8, 4) is 0 Å². The Morgan fingerprint density at radius 2 is 1.67 bits per heavy atom. The molecular formula is C15H27N3O2S. The van der Waals surface area contributed by atoms with Gasteiger partial charge in [-0.1, -0.05) is 13.8 Å². The zero-order valence-corrected chi connectivity index (χ0v) is 14.4. The Balaban J connectivity index is 2.62. The van der Waals surface area contributed by atoms with Crippen LogP contribution >= 0.6 is 0 Å². The van der Waals surface area contributed by atoms with Crippen molar-refractivity contribution in [2.45, 2.75) is 18.7 Å². The van der Waals surface area contributed by atoms with Crippen molar-refractivity contribution in [1.29, 1.82) is 0 Å². The largest absolute Gasteiger partial charge is 0.373 e. The Labute approximate surface area is 129 Å². The molecule has 0 aliphatic rings. The van der Waals surface area contributed by atoms with Crippen LogP contribution in [0.15, 0.2) is 29.2 Å². The first-order chi connectivity index (χ1) is 9.75. The highest BCUT2D eigenvalue weighted by atomic mass is 32.2. The third-order valence-corrected chi connectivity index (χ3v) is 5.06. The summed E-state index contributed by atoms with van der Waals surface area (Å²) in [6.45, 7) is 7.16. The molecule has 21 heavy (non-hydrogen) atoms. The van der Waals surface area contributed by atoms with E-state index in [9.17, 15) is 8.42 Å². The fraction of sp³-hybridized carbons (Fsp3) is 0.600. The maximum Gasteiger partial charge on any atom is 0.242 e. The van der Waals surface area contributed by atoms with Crippen molar-refractivity contribution in [3.05, 3.63) is 24.3 Å². The van der Waals surface area contributed by atoms with Gasteiger partial charge in [-0.05, 0) is 36.7 Å². The van der Waals surface area contributed by atoms with E-state index >= 15 is 0 Å². The number of rotatable bonds is 8. The van der Waals surface area contributed by atoms with Crippen LogP contribution in [-0.4, -0.2) is 53.5 Å². The Morgan fingerprint density at radius 3 is 2.14 bits per heavy atom. The van der Waals surface area contributed by atoms with Crippen LogP contribution in [0.3, 0.4) is 0 Å². The quantitative estimate of drug-likeness (QED) is 0.741. The zero-order valence-electron chi connectivity index (χ0n) is 13.6. The normalized spacial score (nSPS) is 12.1. The van der Waals surface area contributed by atoms with Crippen molar-refractivity contribution in [3.63, 3.8) is 0 Å². The van der Waals surface area contributed by atoms with Crippen LogP contribution in [0.5, 0.6) is 0 Å². The number of anilines is 1. The molecule has 0 atom stereocenters. The third-order valence-electron chi connectivity index (χ3n) is 3.23. The second-order valence-corrected chi connectivity index (χ2v) is 7.95. The second kappa shape index (κ2) is 7.77. The van der Waals surface area contributed by atoms with Gasteiger partial charge in [0.15, 0.2) is 0 Å². The standard InChI is InChI=1S/C15H27N3O2S/c1-13(2)12-16-10-11-18(5)14-6-8-15(9-7-14)21(19,20)17(3)4/h6-9,13,16H,10-12H2,1-5H3. The summed E-state index contributed by atoms with van der Waals surface area (Å²) in [6, 6.07) is 7.00. The first-order valence-electron chi connectivity index (χ1n) is 7.19. The third kappa shape index (κ3) is 5.30. The van der Waals surface area contributed by atoms with Crippen molar-refractivity contribution in [2.75, 3.05) is 45.7 Å². The molecule has 0 radical (unpaired) electrons. The minimum atomic E-state index is -3.35. The first-order valence-corrected chi connectivity index (χ1v) is 8.63. The molecule has 0 fully saturated rings. The summed E-state index contributed by atoms with van der Waals surface area (Å²) in [6.07, 6.45) is 0. The monoisotopic (exact) mass is 313 g/mol. The predicted molar refractivity (Wildman–Crippen MR) is 88.3 cm³/mol. The van der Waals surface area contributed by atoms with Gasteiger partial charge in [-0.25, -0.2) is 12.7 Å². The second-order valence-electron chi connectivity index (χ2n) is 5.80. The maximum atomic E-state index is 12.0. The topological polar surface area (TPSA) is 52.7 Å². The molecule has 0 saturated carbocycles. The number of nitrogens with one attached hydrogen (secondary N) is 1. The summed E-state index contributed by atoms with van der Waals surface area (Å²) in [5.74, 6) is 0.644. The molecule has 0 heterocycles. The molecule has 1 aromatic carbocycles. The fourth-order valence-corrected chi connectivity index (χ4v) is 2.75. The van der Waals surface area contributed by atoms with Gasteiger partial charge in [0.2, 0.25) is 10.0 Å². The lowest BCUT2D eigenvalue weighted by Crippen LogP contribution is -2.31. The Hall–Kier alpha value is -1.11. The summed E-state index contributed by atoms with van der Waals surface area (Å²) in [5.41, 5.74) is 1.01. The molecule has 6 heteroatoms. The smallest absolute Gasteiger partial charge is 0.242 e. The molecule has 0 bridgehead atoms. The number of nitrogens with zero attached hydrogens (tertiary/aromatic N) is 2. The van der Waals surface area contributed by atoms with E-state index in [0.29, 0.717) is 10.8 Å². The van der Waals surface area contributed by atoms with Crippen molar-refractivity contribution < 1.29 is 8.42 Å². The first kappa shape index (κ1) is 17.9. The Morgan fingerprint density at radius 1 is 1.10 bits per heavy atom. The van der Waals surface area contributed by atoms with Gasteiger partial charge in [-0.15, -0.1) is 0 Å². The molecule has 0 unspecified atom stereocenters. The molecule has 1 rings (SSSR count). The highest BCUT2D eigenvalue weighted by molar-refractivity contribution is 7.89. The molecule has 1 N–H and O–H groups in total. The van der Waals surface area contributed by atoms with E-state index in [-0.39, 0.29) is 0 Å². The molecule has 0 aliphatic heterocycles. The number of sulfonamides is 1. The SMILES string of the molecule is CC(C)CNCCN(C)c1ccc(S(=O)(=O)N(C)C)cc1.